The van der Waals surface area contributed by atoms with Crippen LogP contribution in [-0.2, 0) is 9.53 Å². The van der Waals surface area contributed by atoms with Crippen LogP contribution in [0.5, 0.6) is 0 Å². The minimum atomic E-state index is -0.0422. The third-order valence-electron chi connectivity index (χ3n) is 2.64. The van der Waals surface area contributed by atoms with E-state index in [1.165, 1.54) is 23.7 Å². The number of alkyl halides is 1. The third-order valence-corrected chi connectivity index (χ3v) is 3.27. The van der Waals surface area contributed by atoms with Crippen molar-refractivity contribution in [3.05, 3.63) is 0 Å². The molecule has 0 aliphatic rings. The van der Waals surface area contributed by atoms with Gasteiger partial charge in [-0.1, -0.05) is 48.8 Å². The number of unbranched alkanes of at least 4 members (excludes halogenated alkanes) is 1. The fourth-order valence-electron chi connectivity index (χ4n) is 1.64. The lowest BCUT2D eigenvalue weighted by Crippen LogP contribution is -2.04. The first kappa shape index (κ1) is 15.2. The van der Waals surface area contributed by atoms with Crippen molar-refractivity contribution in [2.45, 2.75) is 52.4 Å². The Balaban J connectivity index is 3.39. The van der Waals surface area contributed by atoms with Crippen LogP contribution in [0, 0.1) is 5.92 Å². The number of esters is 1. The highest BCUT2D eigenvalue weighted by Crippen LogP contribution is 2.18. The molecule has 0 aliphatic heterocycles. The van der Waals surface area contributed by atoms with Crippen LogP contribution < -0.4 is 0 Å². The van der Waals surface area contributed by atoms with Gasteiger partial charge < -0.3 is 4.74 Å². The van der Waals surface area contributed by atoms with Crippen molar-refractivity contribution < 1.29 is 9.53 Å². The molecule has 0 spiro atoms. The van der Waals surface area contributed by atoms with E-state index in [9.17, 15) is 4.79 Å². The summed E-state index contributed by atoms with van der Waals surface area (Å²) < 4.78 is 6.13. The van der Waals surface area contributed by atoms with E-state index in [4.69, 9.17) is 4.74 Å². The Morgan fingerprint density at radius 1 is 1.27 bits per heavy atom. The van der Waals surface area contributed by atoms with Crippen molar-refractivity contribution in [3.63, 3.8) is 0 Å². The number of hydrogen-bond acceptors (Lipinski definition) is 2. The fourth-order valence-corrected chi connectivity index (χ4v) is 2.52. The first-order valence-electron chi connectivity index (χ1n) is 5.96. The minimum Gasteiger partial charge on any atom is -0.466 e. The van der Waals surface area contributed by atoms with Crippen LogP contribution in [0.25, 0.3) is 0 Å². The van der Waals surface area contributed by atoms with Crippen LogP contribution in [-0.4, -0.2) is 17.0 Å². The summed E-state index contributed by atoms with van der Waals surface area (Å²) in [6.07, 6.45) is 6.58. The zero-order valence-electron chi connectivity index (χ0n) is 9.93. The maximum Gasteiger partial charge on any atom is 0.305 e. The van der Waals surface area contributed by atoms with Crippen LogP contribution >= 0.6 is 22.6 Å². The molecular weight excluding hydrogens is 303 g/mol. The molecule has 3 heteroatoms. The summed E-state index contributed by atoms with van der Waals surface area (Å²) in [5.74, 6) is 0.809. The predicted octanol–water partition coefficient (Wildman–Crippen LogP) is 3.96. The predicted molar refractivity (Wildman–Crippen MR) is 72.4 cm³/mol. The summed E-state index contributed by atoms with van der Waals surface area (Å²) >= 11 is 2.43. The second-order valence-corrected chi connectivity index (χ2v) is 4.88. The summed E-state index contributed by atoms with van der Waals surface area (Å²) in [6, 6.07) is 0. The van der Waals surface area contributed by atoms with Crippen molar-refractivity contribution in [2.75, 3.05) is 11.0 Å². The van der Waals surface area contributed by atoms with Gasteiger partial charge in [-0.3, -0.25) is 4.79 Å². The molecule has 0 fully saturated rings. The Labute approximate surface area is 107 Å². The lowest BCUT2D eigenvalue weighted by Gasteiger charge is -2.12. The van der Waals surface area contributed by atoms with Gasteiger partial charge in [0.2, 0.25) is 0 Å². The molecule has 0 saturated carbocycles. The fraction of sp³-hybridized carbons (Fsp3) is 0.917. The van der Waals surface area contributed by atoms with Gasteiger partial charge in [-0.2, -0.15) is 0 Å². The van der Waals surface area contributed by atoms with Crippen molar-refractivity contribution in [1.82, 2.24) is 0 Å². The van der Waals surface area contributed by atoms with Crippen LogP contribution in [0.3, 0.4) is 0 Å². The van der Waals surface area contributed by atoms with Gasteiger partial charge >= 0.3 is 5.97 Å². The molecule has 2 nitrogen and oxygen atoms in total. The monoisotopic (exact) mass is 326 g/mol. The second kappa shape index (κ2) is 10.7. The van der Waals surface area contributed by atoms with E-state index in [2.05, 4.69) is 29.5 Å². The topological polar surface area (TPSA) is 26.3 Å². The quantitative estimate of drug-likeness (QED) is 0.277. The Morgan fingerprint density at radius 2 is 2.00 bits per heavy atom. The zero-order chi connectivity index (χ0) is 11.5. The number of halogens is 1. The standard InChI is InChI=1S/C12H23IO2/c1-3-11(9-10-13)7-5-6-8-12(14)15-4-2/h11H,3-10H2,1-2H3. The van der Waals surface area contributed by atoms with E-state index in [0.717, 1.165) is 18.8 Å². The molecule has 0 radical (unpaired) electrons. The molecule has 0 rings (SSSR count). The SMILES string of the molecule is CCOC(=O)CCCCC(CC)CCI. The van der Waals surface area contributed by atoms with Crippen molar-refractivity contribution in [3.8, 4) is 0 Å². The summed E-state index contributed by atoms with van der Waals surface area (Å²) in [7, 11) is 0. The summed E-state index contributed by atoms with van der Waals surface area (Å²) in [4.78, 5) is 11.1. The Hall–Kier alpha value is 0.200. The first-order valence-corrected chi connectivity index (χ1v) is 7.48. The number of rotatable bonds is 9. The Bertz CT molecular complexity index is 160. The normalized spacial score (nSPS) is 12.5. The minimum absolute atomic E-state index is 0.0422. The van der Waals surface area contributed by atoms with E-state index in [1.54, 1.807) is 0 Å². The molecule has 0 aliphatic carbocycles. The lowest BCUT2D eigenvalue weighted by atomic mass is 9.96. The smallest absolute Gasteiger partial charge is 0.305 e. The van der Waals surface area contributed by atoms with Gasteiger partial charge in [0.25, 0.3) is 0 Å². The lowest BCUT2D eigenvalue weighted by molar-refractivity contribution is -0.143. The molecule has 0 N–H and O–H groups in total. The maximum atomic E-state index is 11.1. The van der Waals surface area contributed by atoms with Gasteiger partial charge in [0.1, 0.15) is 0 Å². The highest BCUT2D eigenvalue weighted by molar-refractivity contribution is 14.1. The summed E-state index contributed by atoms with van der Waals surface area (Å²) in [5, 5.41) is 0. The van der Waals surface area contributed by atoms with Gasteiger partial charge in [0, 0.05) is 6.42 Å². The highest BCUT2D eigenvalue weighted by Gasteiger charge is 2.06. The van der Waals surface area contributed by atoms with Crippen LogP contribution in [0.15, 0.2) is 0 Å². The van der Waals surface area contributed by atoms with Gasteiger partial charge in [-0.15, -0.1) is 0 Å². The van der Waals surface area contributed by atoms with Gasteiger partial charge in [-0.25, -0.2) is 0 Å². The van der Waals surface area contributed by atoms with E-state index < -0.39 is 0 Å². The van der Waals surface area contributed by atoms with E-state index in [-0.39, 0.29) is 5.97 Å². The largest absolute Gasteiger partial charge is 0.466 e. The molecule has 0 amide bonds. The Kier molecular flexibility index (Phi) is 10.9. The number of carbonyl (C=O) groups excluding carboxylic acids is 1. The van der Waals surface area contributed by atoms with Gasteiger partial charge in [0.05, 0.1) is 6.61 Å². The van der Waals surface area contributed by atoms with E-state index in [0.29, 0.717) is 13.0 Å². The zero-order valence-corrected chi connectivity index (χ0v) is 12.1. The number of carbonyl (C=O) groups is 1. The third kappa shape index (κ3) is 9.15. The molecule has 0 bridgehead atoms. The molecule has 0 saturated heterocycles. The molecule has 15 heavy (non-hydrogen) atoms. The summed E-state index contributed by atoms with van der Waals surface area (Å²) in [5.41, 5.74) is 0. The molecule has 0 heterocycles. The molecule has 0 aromatic rings. The highest BCUT2D eigenvalue weighted by atomic mass is 127. The molecule has 0 aromatic carbocycles. The van der Waals surface area contributed by atoms with Crippen LogP contribution in [0.4, 0.5) is 0 Å². The van der Waals surface area contributed by atoms with Crippen LogP contribution in [0.2, 0.25) is 0 Å². The molecule has 0 aromatic heterocycles. The van der Waals surface area contributed by atoms with E-state index >= 15 is 0 Å². The maximum absolute atomic E-state index is 11.1. The second-order valence-electron chi connectivity index (χ2n) is 3.80. The first-order chi connectivity index (χ1) is 7.24. The average molecular weight is 326 g/mol. The molecule has 1 atom stereocenters. The molecule has 90 valence electrons. The number of hydrogen-bond donors (Lipinski definition) is 0. The Morgan fingerprint density at radius 3 is 2.53 bits per heavy atom. The van der Waals surface area contributed by atoms with E-state index in [1.807, 2.05) is 6.92 Å². The van der Waals surface area contributed by atoms with Crippen molar-refractivity contribution in [1.29, 1.82) is 0 Å². The van der Waals surface area contributed by atoms with Crippen molar-refractivity contribution >= 4 is 28.6 Å². The van der Waals surface area contributed by atoms with Crippen LogP contribution in [0.1, 0.15) is 52.4 Å². The average Bonchev–Trinajstić information content (AvgIpc) is 2.23. The van der Waals surface area contributed by atoms with Crippen molar-refractivity contribution in [2.24, 2.45) is 5.92 Å². The van der Waals surface area contributed by atoms with Gasteiger partial charge in [-0.05, 0) is 30.1 Å². The number of ether oxygens (including phenoxy) is 1. The summed E-state index contributed by atoms with van der Waals surface area (Å²) in [6.45, 7) is 4.61. The van der Waals surface area contributed by atoms with Gasteiger partial charge in [0.15, 0.2) is 0 Å². The molecule has 1 unspecified atom stereocenters. The molecular formula is C12H23IO2.